The summed E-state index contributed by atoms with van der Waals surface area (Å²) in [7, 11) is 0. The molecule has 186 valence electrons. The molecule has 4 nitrogen and oxygen atoms in total. The van der Waals surface area contributed by atoms with Gasteiger partial charge in [-0.1, -0.05) is 81.1 Å². The lowest BCUT2D eigenvalue weighted by atomic mass is 10.0. The van der Waals surface area contributed by atoms with Crippen molar-refractivity contribution < 1.29 is 0 Å². The van der Waals surface area contributed by atoms with E-state index in [0.717, 1.165) is 52.4 Å². The van der Waals surface area contributed by atoms with Crippen molar-refractivity contribution in [1.82, 2.24) is 9.97 Å². The number of hydrogen-bond acceptors (Lipinski definition) is 4. The van der Waals surface area contributed by atoms with Gasteiger partial charge in [-0.3, -0.25) is 0 Å². The molecule has 0 atom stereocenters. The van der Waals surface area contributed by atoms with Gasteiger partial charge in [-0.2, -0.15) is 4.98 Å². The van der Waals surface area contributed by atoms with Crippen molar-refractivity contribution in [3.63, 3.8) is 0 Å². The summed E-state index contributed by atoms with van der Waals surface area (Å²) in [6, 6.07) is 11.5. The van der Waals surface area contributed by atoms with E-state index in [0.29, 0.717) is 0 Å². The molecular formula is C29H36I2N4. The van der Waals surface area contributed by atoms with Crippen LogP contribution in [0.15, 0.2) is 30.3 Å². The zero-order valence-electron chi connectivity index (χ0n) is 21.6. The van der Waals surface area contributed by atoms with E-state index < -0.39 is 0 Å². The highest BCUT2D eigenvalue weighted by Gasteiger charge is 2.24. The Kier molecular flexibility index (Phi) is 8.94. The highest BCUT2D eigenvalue weighted by molar-refractivity contribution is 14.1. The summed E-state index contributed by atoms with van der Waals surface area (Å²) in [5, 5.41) is 0. The second-order valence-electron chi connectivity index (χ2n) is 9.65. The van der Waals surface area contributed by atoms with Crippen LogP contribution >= 0.6 is 45.2 Å². The molecule has 0 saturated carbocycles. The second kappa shape index (κ2) is 11.8. The maximum atomic E-state index is 5.29. The Morgan fingerprint density at radius 1 is 0.914 bits per heavy atom. The Labute approximate surface area is 238 Å². The summed E-state index contributed by atoms with van der Waals surface area (Å²) in [6.45, 7) is 13.7. The molecule has 0 aliphatic carbocycles. The van der Waals surface area contributed by atoms with Gasteiger partial charge in [0.2, 0.25) is 5.95 Å². The van der Waals surface area contributed by atoms with Crippen LogP contribution in [0.4, 0.5) is 17.5 Å². The van der Waals surface area contributed by atoms with Crippen LogP contribution in [0.3, 0.4) is 0 Å². The molecule has 0 spiro atoms. The summed E-state index contributed by atoms with van der Waals surface area (Å²) in [4.78, 5) is 15.2. The first-order valence-electron chi connectivity index (χ1n) is 12.6. The lowest BCUT2D eigenvalue weighted by molar-refractivity contribution is 0.709. The summed E-state index contributed by atoms with van der Waals surface area (Å²) in [6.07, 6.45) is 3.43. The first-order valence-corrected chi connectivity index (χ1v) is 15.6. The van der Waals surface area contributed by atoms with Crippen molar-refractivity contribution in [3.8, 4) is 0 Å². The van der Waals surface area contributed by atoms with Gasteiger partial charge < -0.3 is 9.80 Å². The fourth-order valence-corrected chi connectivity index (χ4v) is 6.53. The SMILES string of the molecule is CCN(c1nc(C)c2c(n1)N(Cc1ccc(CI)cc1CI)CCCC2)c1c(C)cc(C)cc1C. The van der Waals surface area contributed by atoms with E-state index in [4.69, 9.17) is 9.97 Å². The molecule has 0 fully saturated rings. The van der Waals surface area contributed by atoms with E-state index in [1.54, 1.807) is 0 Å². The lowest BCUT2D eigenvalue weighted by Gasteiger charge is -2.29. The number of fused-ring (bicyclic) bond motifs is 1. The van der Waals surface area contributed by atoms with Crippen molar-refractivity contribution in [3.05, 3.63) is 75.0 Å². The van der Waals surface area contributed by atoms with Crippen LogP contribution < -0.4 is 9.80 Å². The zero-order chi connectivity index (χ0) is 25.1. The van der Waals surface area contributed by atoms with Crippen LogP contribution in [0.25, 0.3) is 0 Å². The van der Waals surface area contributed by atoms with E-state index in [-0.39, 0.29) is 0 Å². The molecule has 0 N–H and O–H groups in total. The molecule has 0 unspecified atom stereocenters. The van der Waals surface area contributed by atoms with Crippen LogP contribution in [0.2, 0.25) is 0 Å². The maximum absolute atomic E-state index is 5.29. The largest absolute Gasteiger partial charge is 0.352 e. The van der Waals surface area contributed by atoms with Crippen LogP contribution in [0.5, 0.6) is 0 Å². The van der Waals surface area contributed by atoms with Gasteiger partial charge in [0.1, 0.15) is 5.82 Å². The molecule has 35 heavy (non-hydrogen) atoms. The third kappa shape index (κ3) is 5.78. The van der Waals surface area contributed by atoms with Crippen LogP contribution in [0.1, 0.15) is 64.4 Å². The molecule has 1 aliphatic heterocycles. The molecule has 1 aromatic heterocycles. The number of aromatic nitrogens is 2. The predicted molar refractivity (Wildman–Crippen MR) is 166 cm³/mol. The van der Waals surface area contributed by atoms with Gasteiger partial charge in [0.25, 0.3) is 0 Å². The molecule has 0 bridgehead atoms. The van der Waals surface area contributed by atoms with Crippen molar-refractivity contribution >= 4 is 62.6 Å². The number of rotatable bonds is 7. The van der Waals surface area contributed by atoms with E-state index in [1.165, 1.54) is 57.5 Å². The van der Waals surface area contributed by atoms with E-state index in [1.807, 2.05) is 0 Å². The summed E-state index contributed by atoms with van der Waals surface area (Å²) >= 11 is 4.95. The number of aryl methyl sites for hydroxylation is 4. The number of anilines is 3. The zero-order valence-corrected chi connectivity index (χ0v) is 25.9. The topological polar surface area (TPSA) is 32.3 Å². The highest BCUT2D eigenvalue weighted by Crippen LogP contribution is 2.35. The number of hydrogen-bond donors (Lipinski definition) is 0. The first kappa shape index (κ1) is 26.6. The van der Waals surface area contributed by atoms with E-state index >= 15 is 0 Å². The summed E-state index contributed by atoms with van der Waals surface area (Å²) in [5.41, 5.74) is 11.8. The average Bonchev–Trinajstić information content (AvgIpc) is 3.04. The van der Waals surface area contributed by atoms with Crippen LogP contribution in [0, 0.1) is 27.7 Å². The Hall–Kier alpha value is -1.42. The number of benzene rings is 2. The molecule has 2 aromatic carbocycles. The van der Waals surface area contributed by atoms with Gasteiger partial charge in [0, 0.05) is 45.4 Å². The molecule has 6 heteroatoms. The second-order valence-corrected chi connectivity index (χ2v) is 11.2. The Balaban J connectivity index is 1.78. The molecule has 3 aromatic rings. The number of halogens is 2. The Bertz CT molecular complexity index is 1180. The van der Waals surface area contributed by atoms with Crippen LogP contribution in [-0.4, -0.2) is 23.1 Å². The van der Waals surface area contributed by atoms with Gasteiger partial charge in [0.05, 0.1) is 0 Å². The fourth-order valence-electron chi connectivity index (χ4n) is 5.35. The van der Waals surface area contributed by atoms with Crippen molar-refractivity contribution in [2.24, 2.45) is 0 Å². The van der Waals surface area contributed by atoms with Gasteiger partial charge in [-0.25, -0.2) is 4.98 Å². The molecule has 0 saturated heterocycles. The van der Waals surface area contributed by atoms with Gasteiger partial charge in [-0.05, 0) is 81.7 Å². The van der Waals surface area contributed by atoms with Crippen molar-refractivity contribution in [1.29, 1.82) is 0 Å². The molecule has 4 rings (SSSR count). The number of nitrogens with zero attached hydrogens (tertiary/aromatic N) is 4. The van der Waals surface area contributed by atoms with Gasteiger partial charge in [-0.15, -0.1) is 0 Å². The quantitative estimate of drug-likeness (QED) is 0.185. The van der Waals surface area contributed by atoms with Gasteiger partial charge in [0.15, 0.2) is 0 Å². The van der Waals surface area contributed by atoms with E-state index in [2.05, 4.69) is 120 Å². The van der Waals surface area contributed by atoms with Crippen molar-refractivity contribution in [2.75, 3.05) is 22.9 Å². The monoisotopic (exact) mass is 694 g/mol. The first-order chi connectivity index (χ1) is 16.9. The summed E-state index contributed by atoms with van der Waals surface area (Å²) in [5.74, 6) is 1.95. The highest BCUT2D eigenvalue weighted by atomic mass is 127. The molecule has 1 aliphatic rings. The Morgan fingerprint density at radius 3 is 2.31 bits per heavy atom. The molecule has 0 amide bonds. The molecular weight excluding hydrogens is 658 g/mol. The molecule has 0 radical (unpaired) electrons. The fraction of sp³-hybridized carbons (Fsp3) is 0.448. The third-order valence-corrected chi connectivity index (χ3v) is 8.68. The van der Waals surface area contributed by atoms with E-state index in [9.17, 15) is 0 Å². The standard InChI is InChI=1S/C29H36I2N4/c1-6-35(27-20(3)13-19(2)14-21(27)4)29-32-22(5)26-9-7-8-12-34(28(26)33-29)18-24-11-10-23(16-30)15-25(24)17-31/h10-11,13-15H,6-9,12,16-18H2,1-5H3. The minimum Gasteiger partial charge on any atom is -0.352 e. The van der Waals surface area contributed by atoms with Crippen molar-refractivity contribution in [2.45, 2.75) is 69.3 Å². The normalized spacial score (nSPS) is 13.5. The average molecular weight is 694 g/mol. The smallest absolute Gasteiger partial charge is 0.232 e. The number of alkyl halides is 2. The minimum absolute atomic E-state index is 0.820. The van der Waals surface area contributed by atoms with Gasteiger partial charge >= 0.3 is 0 Å². The van der Waals surface area contributed by atoms with Crippen LogP contribution in [-0.2, 0) is 21.8 Å². The maximum Gasteiger partial charge on any atom is 0.232 e. The minimum atomic E-state index is 0.820. The summed E-state index contributed by atoms with van der Waals surface area (Å²) < 4.78 is 2.08. The lowest BCUT2D eigenvalue weighted by Crippen LogP contribution is -2.28. The Morgan fingerprint density at radius 2 is 1.66 bits per heavy atom. The third-order valence-electron chi connectivity index (χ3n) is 6.98. The predicted octanol–water partition coefficient (Wildman–Crippen LogP) is 8.08. The molecule has 2 heterocycles.